The number of rotatable bonds is 10. The maximum absolute atomic E-state index is 14.3. The van der Waals surface area contributed by atoms with Gasteiger partial charge in [-0.05, 0) is 71.7 Å². The van der Waals surface area contributed by atoms with Crippen LogP contribution in [0.25, 0.3) is 0 Å². The highest BCUT2D eigenvalue weighted by molar-refractivity contribution is 5.97. The van der Waals surface area contributed by atoms with E-state index in [1.807, 2.05) is 46.9 Å². The van der Waals surface area contributed by atoms with E-state index < -0.39 is 11.4 Å². The molecule has 4 heterocycles. The number of carbonyl (C=O) groups excluding carboxylic acids is 1. The second kappa shape index (κ2) is 12.2. The van der Waals surface area contributed by atoms with Crippen molar-refractivity contribution in [3.63, 3.8) is 0 Å². The predicted octanol–water partition coefficient (Wildman–Crippen LogP) is 4.85. The molecule has 1 N–H and O–H groups in total. The van der Waals surface area contributed by atoms with Gasteiger partial charge in [0.05, 0.1) is 17.4 Å². The van der Waals surface area contributed by atoms with Gasteiger partial charge in [-0.2, -0.15) is 0 Å². The molecular weight excluding hydrogens is 575 g/mol. The smallest absolute Gasteiger partial charge is 0.257 e. The normalized spacial score (nSPS) is 17.9. The van der Waals surface area contributed by atoms with Crippen molar-refractivity contribution in [2.45, 2.75) is 78.2 Å². The Balaban J connectivity index is 1.10. The molecule has 45 heavy (non-hydrogen) atoms. The molecular formula is C34H43FN6O4. The third kappa shape index (κ3) is 6.60. The number of aliphatic hydroxyl groups is 1. The van der Waals surface area contributed by atoms with Crippen LogP contribution in [0.5, 0.6) is 17.2 Å². The van der Waals surface area contributed by atoms with Gasteiger partial charge >= 0.3 is 0 Å². The largest absolute Gasteiger partial charge is 0.490 e. The van der Waals surface area contributed by atoms with Crippen molar-refractivity contribution in [3.05, 3.63) is 65.6 Å². The molecule has 1 aliphatic carbocycles. The molecule has 1 aromatic carbocycles. The van der Waals surface area contributed by atoms with E-state index in [1.54, 1.807) is 11.1 Å². The van der Waals surface area contributed by atoms with Gasteiger partial charge in [-0.25, -0.2) is 14.4 Å². The number of halogens is 1. The standard InChI is InChI=1S/C34H43FN6O4/c1-6-41(22(2)3)32(42)25-13-23(35)7-8-28(25)45-30-16-36-21-38-31(30)40-19-34(20-40)14-24(15-34)44-29-9-11-37-27-10-12-39(17-26(27)29)18-33(4,5)43/h7-9,11,13,16,21-22,24,43H,6,10,12,14-15,17-20H2,1-5H3. The fraction of sp³-hybridized carbons (Fsp3) is 0.529. The van der Waals surface area contributed by atoms with E-state index in [4.69, 9.17) is 9.47 Å². The molecule has 11 heteroatoms. The zero-order chi connectivity index (χ0) is 31.9. The minimum atomic E-state index is -0.755. The molecule has 1 amide bonds. The molecule has 0 unspecified atom stereocenters. The SMILES string of the molecule is CCN(C(=O)c1cc(F)ccc1Oc1cncnc1N1CC2(CC(Oc3ccnc4c3CN(CC(C)(C)O)CC4)C2)C1)C(C)C. The summed E-state index contributed by atoms with van der Waals surface area (Å²) in [5.41, 5.74) is 1.76. The van der Waals surface area contributed by atoms with Crippen LogP contribution < -0.4 is 14.4 Å². The van der Waals surface area contributed by atoms with E-state index in [0.717, 1.165) is 62.4 Å². The highest BCUT2D eigenvalue weighted by Gasteiger charge is 2.54. The Hall–Kier alpha value is -3.83. The van der Waals surface area contributed by atoms with Gasteiger partial charge in [-0.15, -0.1) is 0 Å². The molecule has 0 bridgehead atoms. The molecule has 240 valence electrons. The second-order valence-corrected chi connectivity index (χ2v) is 13.6. The molecule has 1 saturated heterocycles. The number of fused-ring (bicyclic) bond motifs is 1. The monoisotopic (exact) mass is 618 g/mol. The van der Waals surface area contributed by atoms with E-state index in [2.05, 4.69) is 24.8 Å². The fourth-order valence-electron chi connectivity index (χ4n) is 6.99. The van der Waals surface area contributed by atoms with Crippen LogP contribution in [0.4, 0.5) is 10.2 Å². The van der Waals surface area contributed by atoms with Crippen LogP contribution in [0.15, 0.2) is 43.0 Å². The molecule has 3 aliphatic rings. The van der Waals surface area contributed by atoms with Crippen molar-refractivity contribution in [3.8, 4) is 17.2 Å². The lowest BCUT2D eigenvalue weighted by molar-refractivity contribution is -0.0356. The molecule has 0 radical (unpaired) electrons. The van der Waals surface area contributed by atoms with E-state index >= 15 is 0 Å². The summed E-state index contributed by atoms with van der Waals surface area (Å²) in [5.74, 6) is 1.45. The lowest BCUT2D eigenvalue weighted by Crippen LogP contribution is -2.65. The van der Waals surface area contributed by atoms with Crippen molar-refractivity contribution in [1.82, 2.24) is 24.8 Å². The highest BCUT2D eigenvalue weighted by Crippen LogP contribution is 2.52. The number of carbonyl (C=O) groups is 1. The maximum atomic E-state index is 14.3. The van der Waals surface area contributed by atoms with Gasteiger partial charge < -0.3 is 24.4 Å². The Morgan fingerprint density at radius 1 is 1.18 bits per heavy atom. The Morgan fingerprint density at radius 2 is 1.96 bits per heavy atom. The van der Waals surface area contributed by atoms with Crippen molar-refractivity contribution < 1.29 is 23.8 Å². The number of amides is 1. The number of nitrogens with zero attached hydrogens (tertiary/aromatic N) is 6. The molecule has 1 saturated carbocycles. The fourth-order valence-corrected chi connectivity index (χ4v) is 6.99. The lowest BCUT2D eigenvalue weighted by Gasteiger charge is -2.59. The van der Waals surface area contributed by atoms with Gasteiger partial charge in [0.2, 0.25) is 0 Å². The molecule has 1 spiro atoms. The first-order valence-electron chi connectivity index (χ1n) is 15.8. The Labute approximate surface area is 264 Å². The van der Waals surface area contributed by atoms with E-state index in [0.29, 0.717) is 24.7 Å². The van der Waals surface area contributed by atoms with Gasteiger partial charge in [-0.3, -0.25) is 14.7 Å². The zero-order valence-electron chi connectivity index (χ0n) is 26.8. The van der Waals surface area contributed by atoms with Crippen molar-refractivity contribution in [2.75, 3.05) is 37.6 Å². The van der Waals surface area contributed by atoms with Crippen molar-refractivity contribution >= 4 is 11.7 Å². The summed E-state index contributed by atoms with van der Waals surface area (Å²) in [6, 6.07) is 5.92. The third-order valence-electron chi connectivity index (χ3n) is 9.00. The average molecular weight is 619 g/mol. The van der Waals surface area contributed by atoms with Gasteiger partial charge in [0.25, 0.3) is 5.91 Å². The number of pyridine rings is 1. The maximum Gasteiger partial charge on any atom is 0.257 e. The summed E-state index contributed by atoms with van der Waals surface area (Å²) >= 11 is 0. The quantitative estimate of drug-likeness (QED) is 0.342. The molecule has 3 aromatic rings. The number of anilines is 1. The number of hydrogen-bond donors (Lipinski definition) is 1. The van der Waals surface area contributed by atoms with E-state index in [9.17, 15) is 14.3 Å². The molecule has 0 atom stereocenters. The van der Waals surface area contributed by atoms with Crippen LogP contribution in [0.3, 0.4) is 0 Å². The zero-order valence-corrected chi connectivity index (χ0v) is 26.8. The van der Waals surface area contributed by atoms with Crippen molar-refractivity contribution in [2.24, 2.45) is 5.41 Å². The Morgan fingerprint density at radius 3 is 2.67 bits per heavy atom. The Kier molecular flexibility index (Phi) is 8.43. The van der Waals surface area contributed by atoms with Gasteiger partial charge in [0.15, 0.2) is 11.6 Å². The minimum absolute atomic E-state index is 0.0425. The van der Waals surface area contributed by atoms with Crippen LogP contribution in [0, 0.1) is 11.2 Å². The topological polar surface area (TPSA) is 104 Å². The van der Waals surface area contributed by atoms with Gasteiger partial charge in [0, 0.05) is 74.6 Å². The van der Waals surface area contributed by atoms with Gasteiger partial charge in [-0.1, -0.05) is 0 Å². The minimum Gasteiger partial charge on any atom is -0.490 e. The third-order valence-corrected chi connectivity index (χ3v) is 9.00. The summed E-state index contributed by atoms with van der Waals surface area (Å²) < 4.78 is 27.0. The number of hydrogen-bond acceptors (Lipinski definition) is 9. The molecule has 2 aromatic heterocycles. The summed E-state index contributed by atoms with van der Waals surface area (Å²) in [6.45, 7) is 13.7. The summed E-state index contributed by atoms with van der Waals surface area (Å²) in [4.78, 5) is 32.7. The summed E-state index contributed by atoms with van der Waals surface area (Å²) in [5, 5.41) is 10.3. The highest BCUT2D eigenvalue weighted by atomic mass is 19.1. The first-order valence-corrected chi connectivity index (χ1v) is 15.8. The van der Waals surface area contributed by atoms with Crippen LogP contribution in [0.2, 0.25) is 0 Å². The molecule has 2 fully saturated rings. The number of β-amino-alcohol motifs (C(OH)–C–C–N with tert-alkyl or cyclic N) is 1. The molecule has 6 rings (SSSR count). The summed E-state index contributed by atoms with van der Waals surface area (Å²) in [7, 11) is 0. The lowest BCUT2D eigenvalue weighted by atomic mass is 9.61. The summed E-state index contributed by atoms with van der Waals surface area (Å²) in [6.07, 6.45) is 7.76. The average Bonchev–Trinajstić information content (AvgIpc) is 2.94. The Bertz CT molecular complexity index is 1550. The first kappa shape index (κ1) is 31.2. The van der Waals surface area contributed by atoms with E-state index in [1.165, 1.54) is 24.5 Å². The predicted molar refractivity (Wildman–Crippen MR) is 168 cm³/mol. The van der Waals surface area contributed by atoms with Crippen LogP contribution in [0.1, 0.15) is 69.1 Å². The van der Waals surface area contributed by atoms with Crippen LogP contribution >= 0.6 is 0 Å². The second-order valence-electron chi connectivity index (χ2n) is 13.6. The number of benzene rings is 1. The number of ether oxygens (including phenoxy) is 2. The number of aromatic nitrogens is 3. The van der Waals surface area contributed by atoms with Crippen LogP contribution in [-0.4, -0.2) is 86.2 Å². The van der Waals surface area contributed by atoms with Gasteiger partial charge in [0.1, 0.15) is 29.7 Å². The first-order chi connectivity index (χ1) is 21.4. The molecule has 10 nitrogen and oxygen atoms in total. The van der Waals surface area contributed by atoms with Crippen molar-refractivity contribution in [1.29, 1.82) is 0 Å². The van der Waals surface area contributed by atoms with E-state index in [-0.39, 0.29) is 34.8 Å². The molecule has 2 aliphatic heterocycles. The van der Waals surface area contributed by atoms with Crippen LogP contribution in [-0.2, 0) is 13.0 Å².